The number of para-hydroxylation sites is 2. The van der Waals surface area contributed by atoms with Crippen molar-refractivity contribution in [3.63, 3.8) is 0 Å². The summed E-state index contributed by atoms with van der Waals surface area (Å²) in [6, 6.07) is 19.5. The van der Waals surface area contributed by atoms with E-state index in [1.54, 1.807) is 0 Å². The van der Waals surface area contributed by atoms with E-state index in [2.05, 4.69) is 77.3 Å². The second kappa shape index (κ2) is 6.07. The number of nitrogens with two attached hydrogens (primary N) is 1. The average Bonchev–Trinajstić information content (AvgIpc) is 3.37. The first-order chi connectivity index (χ1) is 14.2. The molecule has 0 amide bonds. The molecule has 3 atom stereocenters. The minimum atomic E-state index is -0.108. The Morgan fingerprint density at radius 1 is 1.10 bits per heavy atom. The molecule has 2 saturated heterocycles. The van der Waals surface area contributed by atoms with Crippen molar-refractivity contribution in [2.75, 3.05) is 18.8 Å². The van der Waals surface area contributed by atoms with Gasteiger partial charge in [0.05, 0.1) is 23.0 Å². The Morgan fingerprint density at radius 2 is 1.90 bits per heavy atom. The fraction of sp³-hybridized carbons (Fsp3) is 0.320. The van der Waals surface area contributed by atoms with Crippen LogP contribution in [0.3, 0.4) is 0 Å². The quantitative estimate of drug-likeness (QED) is 0.532. The minimum absolute atomic E-state index is 0.108. The van der Waals surface area contributed by atoms with Gasteiger partial charge in [-0.15, -0.1) is 0 Å². The summed E-state index contributed by atoms with van der Waals surface area (Å²) in [7, 11) is 0. The van der Waals surface area contributed by atoms with E-state index < -0.39 is 0 Å². The lowest BCUT2D eigenvalue weighted by Gasteiger charge is -2.49. The van der Waals surface area contributed by atoms with Gasteiger partial charge < -0.3 is 5.73 Å². The monoisotopic (exact) mass is 382 g/mol. The molecule has 3 aliphatic rings. The smallest absolute Gasteiger partial charge is 0.0649 e. The predicted molar refractivity (Wildman–Crippen MR) is 116 cm³/mol. The summed E-state index contributed by atoms with van der Waals surface area (Å²) in [4.78, 5) is 2.68. The van der Waals surface area contributed by atoms with E-state index in [-0.39, 0.29) is 5.41 Å². The summed E-state index contributed by atoms with van der Waals surface area (Å²) < 4.78 is 2.20. The van der Waals surface area contributed by atoms with E-state index in [0.29, 0.717) is 12.0 Å². The molecule has 0 spiro atoms. The molecule has 2 bridgehead atoms. The third kappa shape index (κ3) is 2.15. The minimum Gasteiger partial charge on any atom is -0.398 e. The maximum Gasteiger partial charge on any atom is 0.0649 e. The van der Waals surface area contributed by atoms with Gasteiger partial charge in [0.25, 0.3) is 0 Å². The van der Waals surface area contributed by atoms with Crippen molar-refractivity contribution < 1.29 is 0 Å². The standard InChI is InChI=1S/C25H26N4/c1-2-17-16-28-13-12-25(21-10-6-7-11-22(21)26)23(28)14-19(17)20-15-27-29(24(20)25)18-8-4-3-5-9-18/h2-11,15,19,23H,12-14,16,26H2,1H3. The Labute approximate surface area is 171 Å². The van der Waals surface area contributed by atoms with Gasteiger partial charge in [-0.3, -0.25) is 4.90 Å². The van der Waals surface area contributed by atoms with E-state index >= 15 is 0 Å². The van der Waals surface area contributed by atoms with Crippen LogP contribution in [-0.4, -0.2) is 33.8 Å². The molecule has 2 aromatic carbocycles. The average molecular weight is 383 g/mol. The number of nitrogen functional groups attached to an aromatic ring is 1. The van der Waals surface area contributed by atoms with Crippen LogP contribution in [0.15, 0.2) is 72.4 Å². The van der Waals surface area contributed by atoms with Crippen LogP contribution in [0.25, 0.3) is 5.69 Å². The van der Waals surface area contributed by atoms with E-state index in [1.807, 2.05) is 6.07 Å². The van der Waals surface area contributed by atoms with Gasteiger partial charge >= 0.3 is 0 Å². The maximum atomic E-state index is 6.61. The van der Waals surface area contributed by atoms with Crippen molar-refractivity contribution in [1.82, 2.24) is 14.7 Å². The molecule has 4 nitrogen and oxygen atoms in total. The van der Waals surface area contributed by atoms with Crippen LogP contribution in [0.4, 0.5) is 5.69 Å². The molecule has 3 aromatic rings. The summed E-state index contributed by atoms with van der Waals surface area (Å²) in [6.45, 7) is 4.35. The Bertz CT molecular complexity index is 1110. The summed E-state index contributed by atoms with van der Waals surface area (Å²) >= 11 is 0. The summed E-state index contributed by atoms with van der Waals surface area (Å²) in [5.74, 6) is 0.463. The summed E-state index contributed by atoms with van der Waals surface area (Å²) in [5, 5.41) is 4.94. The van der Waals surface area contributed by atoms with Gasteiger partial charge in [-0.2, -0.15) is 5.10 Å². The highest BCUT2D eigenvalue weighted by Crippen LogP contribution is 2.59. The van der Waals surface area contributed by atoms with Crippen LogP contribution in [0.5, 0.6) is 0 Å². The molecule has 1 aliphatic carbocycles. The third-order valence-electron chi connectivity index (χ3n) is 7.50. The Kier molecular flexibility index (Phi) is 3.57. The molecule has 0 saturated carbocycles. The molecule has 146 valence electrons. The predicted octanol–water partition coefficient (Wildman–Crippen LogP) is 4.26. The van der Waals surface area contributed by atoms with Crippen molar-refractivity contribution in [3.05, 3.63) is 89.3 Å². The molecule has 29 heavy (non-hydrogen) atoms. The number of piperidine rings is 1. The molecule has 1 aromatic heterocycles. The van der Waals surface area contributed by atoms with E-state index in [4.69, 9.17) is 10.8 Å². The van der Waals surface area contributed by atoms with Crippen LogP contribution >= 0.6 is 0 Å². The van der Waals surface area contributed by atoms with Crippen molar-refractivity contribution >= 4 is 5.69 Å². The molecule has 0 radical (unpaired) electrons. The van der Waals surface area contributed by atoms with Crippen LogP contribution in [0.1, 0.15) is 42.5 Å². The van der Waals surface area contributed by atoms with E-state index in [1.165, 1.54) is 22.4 Å². The van der Waals surface area contributed by atoms with Crippen molar-refractivity contribution in [2.45, 2.75) is 37.1 Å². The zero-order valence-electron chi connectivity index (χ0n) is 16.8. The number of hydrogen-bond acceptors (Lipinski definition) is 3. The first-order valence-corrected chi connectivity index (χ1v) is 10.6. The zero-order valence-corrected chi connectivity index (χ0v) is 16.8. The van der Waals surface area contributed by atoms with Crippen LogP contribution in [0, 0.1) is 0 Å². The first-order valence-electron chi connectivity index (χ1n) is 10.6. The second-order valence-corrected chi connectivity index (χ2v) is 8.64. The Morgan fingerprint density at radius 3 is 2.69 bits per heavy atom. The molecule has 4 heteroatoms. The van der Waals surface area contributed by atoms with Crippen LogP contribution < -0.4 is 5.73 Å². The summed E-state index contributed by atoms with van der Waals surface area (Å²) in [5.41, 5.74) is 14.1. The lowest BCUT2D eigenvalue weighted by Crippen LogP contribution is -2.52. The van der Waals surface area contributed by atoms with Gasteiger partial charge in [-0.1, -0.05) is 48.0 Å². The Balaban J connectivity index is 1.69. The first kappa shape index (κ1) is 17.0. The maximum absolute atomic E-state index is 6.61. The number of benzene rings is 2. The van der Waals surface area contributed by atoms with Gasteiger partial charge in [-0.25, -0.2) is 4.68 Å². The third-order valence-corrected chi connectivity index (χ3v) is 7.50. The van der Waals surface area contributed by atoms with E-state index in [0.717, 1.165) is 37.3 Å². The molecule has 3 heterocycles. The largest absolute Gasteiger partial charge is 0.398 e. The number of rotatable bonds is 2. The lowest BCUT2D eigenvalue weighted by atomic mass is 9.60. The topological polar surface area (TPSA) is 47.1 Å². The van der Waals surface area contributed by atoms with Gasteiger partial charge in [0.1, 0.15) is 0 Å². The van der Waals surface area contributed by atoms with Gasteiger partial charge in [0.15, 0.2) is 0 Å². The molecular formula is C25H26N4. The highest BCUT2D eigenvalue weighted by molar-refractivity contribution is 5.61. The summed E-state index contributed by atoms with van der Waals surface area (Å²) in [6.07, 6.45) is 6.69. The van der Waals surface area contributed by atoms with Gasteiger partial charge in [-0.05, 0) is 43.5 Å². The Hall–Kier alpha value is -2.85. The lowest BCUT2D eigenvalue weighted by molar-refractivity contribution is 0.171. The number of fused-ring (bicyclic) bond motifs is 4. The van der Waals surface area contributed by atoms with Gasteiger partial charge in [0.2, 0.25) is 0 Å². The van der Waals surface area contributed by atoms with Crippen molar-refractivity contribution in [3.8, 4) is 5.69 Å². The van der Waals surface area contributed by atoms with Gasteiger partial charge in [0, 0.05) is 36.3 Å². The van der Waals surface area contributed by atoms with Crippen molar-refractivity contribution in [1.29, 1.82) is 0 Å². The SMILES string of the molecule is CC=C1CN2CCC3(c4ccccc4N)c4c(cnn4-c4ccccc4)C1CC23. The zero-order chi connectivity index (χ0) is 19.6. The molecule has 2 aliphatic heterocycles. The highest BCUT2D eigenvalue weighted by atomic mass is 15.3. The number of aromatic nitrogens is 2. The fourth-order valence-corrected chi connectivity index (χ4v) is 6.28. The number of anilines is 1. The molecule has 2 N–H and O–H groups in total. The second-order valence-electron chi connectivity index (χ2n) is 8.64. The molecule has 6 rings (SSSR count). The normalized spacial score (nSPS) is 29.2. The van der Waals surface area contributed by atoms with E-state index in [9.17, 15) is 0 Å². The van der Waals surface area contributed by atoms with Crippen LogP contribution in [-0.2, 0) is 5.41 Å². The molecule has 2 fully saturated rings. The number of hydrogen-bond donors (Lipinski definition) is 1. The van der Waals surface area contributed by atoms with Crippen LogP contribution in [0.2, 0.25) is 0 Å². The highest BCUT2D eigenvalue weighted by Gasteiger charge is 2.59. The fourth-order valence-electron chi connectivity index (χ4n) is 6.28. The van der Waals surface area contributed by atoms with Crippen molar-refractivity contribution in [2.24, 2.45) is 0 Å². The number of nitrogens with zero attached hydrogens (tertiary/aromatic N) is 3. The number of allylic oxidation sites excluding steroid dienone is 1. The molecule has 3 unspecified atom stereocenters. The molecular weight excluding hydrogens is 356 g/mol.